The van der Waals surface area contributed by atoms with Gasteiger partial charge >= 0.3 is 11.9 Å². The van der Waals surface area contributed by atoms with Crippen LogP contribution >= 0.6 is 12.6 Å². The predicted molar refractivity (Wildman–Crippen MR) is 406 cm³/mol. The van der Waals surface area contributed by atoms with Gasteiger partial charge in [0.1, 0.15) is 78.5 Å². The Morgan fingerprint density at radius 2 is 0.939 bits per heavy atom. The van der Waals surface area contributed by atoms with Crippen LogP contribution in [0.3, 0.4) is 0 Å². The minimum atomic E-state index is -1.90. The van der Waals surface area contributed by atoms with Crippen LogP contribution in [-0.2, 0) is 99.1 Å². The summed E-state index contributed by atoms with van der Waals surface area (Å²) in [6, 6.07) is -5.27. The molecule has 0 radical (unpaired) electrons. The largest absolute Gasteiger partial charge is 0.481 e. The highest BCUT2D eigenvalue weighted by Gasteiger charge is 2.42. The molecule has 3 rings (SSSR count). The van der Waals surface area contributed by atoms with Gasteiger partial charge in [0, 0.05) is 44.5 Å². The number of nitrogens with two attached hydrogens (primary N) is 4. The Morgan fingerprint density at radius 1 is 0.500 bits per heavy atom. The molecule has 44 heteroatoms. The number of benzene rings is 2. The molecule has 16 amide bonds. The van der Waals surface area contributed by atoms with E-state index in [9.17, 15) is 112 Å². The minimum absolute atomic E-state index is 0.0212. The van der Waals surface area contributed by atoms with Gasteiger partial charge in [0.15, 0.2) is 5.96 Å². The molecule has 1 aliphatic rings. The van der Waals surface area contributed by atoms with Gasteiger partial charge in [0.2, 0.25) is 94.5 Å². The first-order chi connectivity index (χ1) is 53.9. The van der Waals surface area contributed by atoms with E-state index in [1.54, 1.807) is 67.6 Å². The van der Waals surface area contributed by atoms with Crippen molar-refractivity contribution >= 4 is 125 Å². The zero-order valence-electron chi connectivity index (χ0n) is 63.4. The van der Waals surface area contributed by atoms with Crippen molar-refractivity contribution in [3.05, 3.63) is 71.8 Å². The monoisotopic (exact) mass is 1630 g/mol. The van der Waals surface area contributed by atoms with Crippen molar-refractivity contribution in [2.75, 3.05) is 51.8 Å². The van der Waals surface area contributed by atoms with E-state index in [0.29, 0.717) is 11.1 Å². The number of aliphatic hydroxyl groups is 3. The number of carbonyl (C=O) groups is 18. The molecule has 1 fully saturated rings. The second-order valence-electron chi connectivity index (χ2n) is 27.0. The summed E-state index contributed by atoms with van der Waals surface area (Å²) in [7, 11) is 0. The Bertz CT molecular complexity index is 3700. The molecule has 14 atom stereocenters. The second kappa shape index (κ2) is 49.7. The van der Waals surface area contributed by atoms with Gasteiger partial charge in [-0.2, -0.15) is 12.6 Å². The number of aliphatic hydroxyl groups excluding tert-OH is 3. The van der Waals surface area contributed by atoms with Crippen molar-refractivity contribution in [3.63, 3.8) is 0 Å². The number of rotatable bonds is 51. The molecule has 2 aromatic rings. The third-order valence-electron chi connectivity index (χ3n) is 17.8. The summed E-state index contributed by atoms with van der Waals surface area (Å²) < 4.78 is 0. The lowest BCUT2D eigenvalue weighted by molar-refractivity contribution is -0.144. The molecule has 1 aliphatic heterocycles. The lowest BCUT2D eigenvalue weighted by Crippen LogP contribution is -2.62. The number of primary amides is 2. The fraction of sp³-hybridized carbons (Fsp3) is 0.557. The van der Waals surface area contributed by atoms with Crippen LogP contribution in [0, 0.1) is 17.2 Å². The summed E-state index contributed by atoms with van der Waals surface area (Å²) in [5.74, 6) is -22.4. The van der Waals surface area contributed by atoms with E-state index < -0.39 is 274 Å². The summed E-state index contributed by atoms with van der Waals surface area (Å²) >= 11 is 4.22. The van der Waals surface area contributed by atoms with Gasteiger partial charge < -0.3 is 128 Å². The SMILES string of the molecule is CC[C@H](C)[C@H](NC(=O)[C@H](CC(N)=O)NC(=O)[C@H](CO)NC(=O)CNC(=O)CN)C(=O)N[C@@H](CCC(=O)O)C(=O)N1CCC[C@H]1C(=O)N[C@@H](CO)C(=O)N[C@H](C(=O)N[C@@H](CCCNC(=N)N)C(=O)N[C@@H](CO)C(=O)N[C@@H](CS)C(=O)N[C@@H](Cc1ccccc1)C(=O)N[C@@H](CCC(N)=O)C(=O)N[C@@H](Cc1ccccc1)C(=O)O)C(C)C. The normalized spacial score (nSPS) is 15.7. The molecule has 1 heterocycles. The van der Waals surface area contributed by atoms with E-state index >= 15 is 0 Å². The van der Waals surface area contributed by atoms with Crippen molar-refractivity contribution in [3.8, 4) is 0 Å². The maximum absolute atomic E-state index is 14.5. The van der Waals surface area contributed by atoms with Crippen molar-refractivity contribution in [1.82, 2.24) is 79.3 Å². The molecule has 0 aliphatic carbocycles. The van der Waals surface area contributed by atoms with E-state index in [1.807, 2.05) is 0 Å². The summed E-state index contributed by atoms with van der Waals surface area (Å²) in [4.78, 5) is 242. The quantitative estimate of drug-likeness (QED) is 0.0127. The number of aliphatic carboxylic acids is 2. The Kier molecular flexibility index (Phi) is 42.1. The van der Waals surface area contributed by atoms with Crippen LogP contribution in [0.25, 0.3) is 0 Å². The van der Waals surface area contributed by atoms with Gasteiger partial charge in [0.05, 0.1) is 39.3 Å². The van der Waals surface area contributed by atoms with Crippen LogP contribution in [-0.4, -0.2) is 273 Å². The Labute approximate surface area is 660 Å². The summed E-state index contributed by atoms with van der Waals surface area (Å²) in [6.45, 7) is 1.33. The first kappa shape index (κ1) is 96.6. The Balaban J connectivity index is 1.84. The van der Waals surface area contributed by atoms with Crippen molar-refractivity contribution in [1.29, 1.82) is 5.41 Å². The molecule has 43 nitrogen and oxygen atoms in total. The van der Waals surface area contributed by atoms with Crippen molar-refractivity contribution in [2.24, 2.45) is 34.8 Å². The smallest absolute Gasteiger partial charge is 0.326 e. The highest BCUT2D eigenvalue weighted by molar-refractivity contribution is 7.80. The molecule has 0 saturated carbocycles. The van der Waals surface area contributed by atoms with Gasteiger partial charge in [0.25, 0.3) is 0 Å². The van der Waals surface area contributed by atoms with Gasteiger partial charge in [-0.3, -0.25) is 86.9 Å². The molecule has 2 aromatic carbocycles. The van der Waals surface area contributed by atoms with E-state index in [-0.39, 0.29) is 58.0 Å². The van der Waals surface area contributed by atoms with Gasteiger partial charge in [-0.25, -0.2) is 4.79 Å². The Morgan fingerprint density at radius 3 is 1.46 bits per heavy atom. The standard InChI is InChI=1S/C70H106N20O23S/c1-5-36(4)56(89-60(103)43(28-51(73)95)83-61(104)45(31-91)78-53(97)30-77-52(96)29-71)67(110)81-41(21-23-54(98)99)68(111)90-25-13-19-49(90)65(108)86-47(33-93)63(106)88-55(35(2)3)66(109)80-39(18-12-24-76-70(74)75)57(100)85-46(32-92)62(105)87-48(34-114)64(107)82-42(26-37-14-8-6-9-15-37)59(102)79-40(20-22-50(72)94)58(101)84-44(69(112)113)27-38-16-10-7-11-17-38/h6-11,14-17,35-36,39-49,55-56,91-93,114H,5,12-13,18-34,71H2,1-4H3,(H2,72,94)(H2,73,95)(H,77,96)(H,78,97)(H,79,102)(H,80,109)(H,81,110)(H,82,107)(H,83,104)(H,84,101)(H,85,100)(H,86,108)(H,87,105)(H,88,106)(H,89,103)(H,98,99)(H,112,113)(H4,74,75,76)/t36-,39-,40-,41-,42-,43-,44-,45-,46-,47-,48-,49-,55-,56-/m0/s1. The van der Waals surface area contributed by atoms with Crippen LogP contribution in [0.15, 0.2) is 60.7 Å². The number of likely N-dealkylation sites (tertiary alicyclic amines) is 1. The van der Waals surface area contributed by atoms with Crippen LogP contribution in [0.5, 0.6) is 0 Å². The fourth-order valence-corrected chi connectivity index (χ4v) is 11.6. The summed E-state index contributed by atoms with van der Waals surface area (Å²) in [6.07, 6.45) is -3.63. The lowest BCUT2D eigenvalue weighted by atomic mass is 9.96. The molecule has 0 bridgehead atoms. The number of nitrogens with zero attached hydrogens (tertiary/aromatic N) is 1. The predicted octanol–water partition coefficient (Wildman–Crippen LogP) is -9.68. The summed E-state index contributed by atoms with van der Waals surface area (Å²) in [5.41, 5.74) is 22.5. The number of carboxylic acids is 2. The van der Waals surface area contributed by atoms with Crippen LogP contribution in [0.1, 0.15) is 103 Å². The number of amides is 16. The zero-order chi connectivity index (χ0) is 85.5. The van der Waals surface area contributed by atoms with E-state index in [0.717, 1.165) is 4.90 Å². The second-order valence-corrected chi connectivity index (χ2v) is 27.3. The van der Waals surface area contributed by atoms with Crippen LogP contribution < -0.4 is 97.4 Å². The molecule has 114 heavy (non-hydrogen) atoms. The van der Waals surface area contributed by atoms with E-state index in [2.05, 4.69) is 87.1 Å². The number of carbonyl (C=O) groups excluding carboxylic acids is 16. The molecule has 1 saturated heterocycles. The lowest BCUT2D eigenvalue weighted by Gasteiger charge is -2.32. The average molecular weight is 1630 g/mol. The number of carboxylic acid groups (broad SMARTS) is 2. The fourth-order valence-electron chi connectivity index (χ4n) is 11.3. The number of hydrogen-bond acceptors (Lipinski definition) is 24. The number of nitrogens with one attached hydrogen (secondary N) is 15. The van der Waals surface area contributed by atoms with Crippen molar-refractivity contribution < 1.29 is 112 Å². The van der Waals surface area contributed by atoms with Gasteiger partial charge in [-0.15, -0.1) is 0 Å². The number of hydrogen-bond donors (Lipinski definition) is 25. The minimum Gasteiger partial charge on any atom is -0.481 e. The number of thiol groups is 1. The maximum Gasteiger partial charge on any atom is 0.326 e. The van der Waals surface area contributed by atoms with Crippen molar-refractivity contribution in [2.45, 2.75) is 183 Å². The molecular formula is C70H106N20O23S. The number of guanidine groups is 1. The zero-order valence-corrected chi connectivity index (χ0v) is 64.3. The molecule has 28 N–H and O–H groups in total. The first-order valence-electron chi connectivity index (χ1n) is 36.4. The highest BCUT2D eigenvalue weighted by Crippen LogP contribution is 2.22. The van der Waals surface area contributed by atoms with Crippen LogP contribution in [0.4, 0.5) is 0 Å². The molecule has 0 aromatic heterocycles. The van der Waals surface area contributed by atoms with Gasteiger partial charge in [-0.05, 0) is 61.5 Å². The van der Waals surface area contributed by atoms with Gasteiger partial charge in [-0.1, -0.05) is 94.8 Å². The third kappa shape index (κ3) is 33.4. The van der Waals surface area contributed by atoms with Crippen LogP contribution in [0.2, 0.25) is 0 Å². The Hall–Kier alpha value is -11.6. The maximum atomic E-state index is 14.5. The average Bonchev–Trinajstić information content (AvgIpc) is 1.63. The first-order valence-corrected chi connectivity index (χ1v) is 37.1. The molecule has 0 spiro atoms. The van der Waals surface area contributed by atoms with E-state index in [1.165, 1.54) is 20.8 Å². The highest BCUT2D eigenvalue weighted by atomic mass is 32.1. The van der Waals surface area contributed by atoms with E-state index in [4.69, 9.17) is 28.3 Å². The topological polar surface area (TPSA) is 708 Å². The molecular weight excluding hydrogens is 1520 g/mol. The third-order valence-corrected chi connectivity index (χ3v) is 18.2. The molecule has 630 valence electrons. The molecule has 0 unspecified atom stereocenters. The summed E-state index contributed by atoms with van der Waals surface area (Å²) in [5, 5.41) is 91.4.